The van der Waals surface area contributed by atoms with Gasteiger partial charge in [-0.05, 0) is 48.4 Å². The summed E-state index contributed by atoms with van der Waals surface area (Å²) in [6.45, 7) is 1.92. The van der Waals surface area contributed by atoms with Crippen molar-refractivity contribution in [3.63, 3.8) is 0 Å². The number of rotatable bonds is 3. The van der Waals surface area contributed by atoms with Crippen molar-refractivity contribution >= 4 is 44.4 Å². The minimum Gasteiger partial charge on any atom is -0.495 e. The second-order valence-electron chi connectivity index (χ2n) is 6.52. The Hall–Kier alpha value is -2.35. The van der Waals surface area contributed by atoms with E-state index in [1.165, 1.54) is 24.5 Å². The van der Waals surface area contributed by atoms with Crippen LogP contribution in [0.4, 0.5) is 5.69 Å². The number of carbonyl (C=O) groups is 1. The third-order valence-corrected chi connectivity index (χ3v) is 7.65. The Labute approximate surface area is 171 Å². The van der Waals surface area contributed by atoms with Crippen LogP contribution in [-0.2, 0) is 15.6 Å². The van der Waals surface area contributed by atoms with Gasteiger partial charge in [0, 0.05) is 15.5 Å². The van der Waals surface area contributed by atoms with E-state index < -0.39 is 9.84 Å². The quantitative estimate of drug-likeness (QED) is 0.636. The third kappa shape index (κ3) is 3.30. The van der Waals surface area contributed by atoms with Gasteiger partial charge in [0.25, 0.3) is 5.91 Å². The van der Waals surface area contributed by atoms with E-state index in [0.717, 1.165) is 10.4 Å². The third-order valence-electron chi connectivity index (χ3n) is 4.50. The molecule has 1 amide bonds. The number of ether oxygens (including phenoxy) is 1. The number of benzene rings is 2. The SMILES string of the molecule is COc1ccc(C)cc1NC(=O)c1cc2c(s1)-c1ccc(Cl)cc1S(=O)(=O)C2. The normalized spacial score (nSPS) is 14.1. The molecule has 1 aromatic heterocycles. The Morgan fingerprint density at radius 2 is 1.96 bits per heavy atom. The maximum Gasteiger partial charge on any atom is 0.265 e. The molecule has 2 heterocycles. The molecule has 0 radical (unpaired) electrons. The van der Waals surface area contributed by atoms with Crippen molar-refractivity contribution in [2.75, 3.05) is 12.4 Å². The summed E-state index contributed by atoms with van der Waals surface area (Å²) in [7, 11) is -1.96. The highest BCUT2D eigenvalue weighted by Crippen LogP contribution is 2.43. The molecule has 0 spiro atoms. The van der Waals surface area contributed by atoms with E-state index in [0.29, 0.717) is 32.5 Å². The Balaban J connectivity index is 1.73. The van der Waals surface area contributed by atoms with Gasteiger partial charge >= 0.3 is 0 Å². The average Bonchev–Trinajstić information content (AvgIpc) is 3.05. The van der Waals surface area contributed by atoms with Crippen LogP contribution in [0.15, 0.2) is 47.4 Å². The highest BCUT2D eigenvalue weighted by molar-refractivity contribution is 7.91. The first kappa shape index (κ1) is 19.0. The van der Waals surface area contributed by atoms with Gasteiger partial charge in [0.2, 0.25) is 0 Å². The fraction of sp³-hybridized carbons (Fsp3) is 0.150. The van der Waals surface area contributed by atoms with Crippen LogP contribution in [0.1, 0.15) is 20.8 Å². The Morgan fingerprint density at radius 3 is 2.71 bits per heavy atom. The molecule has 144 valence electrons. The van der Waals surface area contributed by atoms with Gasteiger partial charge in [0.15, 0.2) is 9.84 Å². The van der Waals surface area contributed by atoms with Gasteiger partial charge in [-0.2, -0.15) is 0 Å². The number of carbonyl (C=O) groups excluding carboxylic acids is 1. The summed E-state index contributed by atoms with van der Waals surface area (Å²) in [4.78, 5) is 14.2. The van der Waals surface area contributed by atoms with Crippen molar-refractivity contribution in [2.24, 2.45) is 0 Å². The summed E-state index contributed by atoms with van der Waals surface area (Å²) in [5, 5.41) is 3.22. The molecule has 1 aliphatic heterocycles. The summed E-state index contributed by atoms with van der Waals surface area (Å²) in [5.41, 5.74) is 2.76. The maximum atomic E-state index is 12.8. The number of aryl methyl sites for hydroxylation is 1. The second-order valence-corrected chi connectivity index (χ2v) is 9.97. The number of hydrogen-bond acceptors (Lipinski definition) is 5. The Kier molecular flexibility index (Phi) is 4.69. The molecule has 0 atom stereocenters. The molecule has 0 saturated carbocycles. The first-order valence-corrected chi connectivity index (χ1v) is 11.2. The molecule has 2 aromatic carbocycles. The number of thiophene rings is 1. The summed E-state index contributed by atoms with van der Waals surface area (Å²) >= 11 is 7.25. The van der Waals surface area contributed by atoms with Crippen LogP contribution in [-0.4, -0.2) is 21.4 Å². The molecule has 28 heavy (non-hydrogen) atoms. The standard InChI is InChI=1S/C20H16ClNO4S2/c1-11-3-6-16(26-2)15(7-11)22-20(23)17-8-12-10-28(24,25)18-9-13(21)4-5-14(18)19(12)27-17/h3-9H,10H2,1-2H3,(H,22,23). The van der Waals surface area contributed by atoms with Gasteiger partial charge in [-0.1, -0.05) is 23.7 Å². The van der Waals surface area contributed by atoms with Crippen LogP contribution in [0.25, 0.3) is 10.4 Å². The minimum absolute atomic E-state index is 0.146. The summed E-state index contributed by atoms with van der Waals surface area (Å²) in [6.07, 6.45) is 0. The molecule has 0 bridgehead atoms. The molecule has 1 N–H and O–H groups in total. The van der Waals surface area contributed by atoms with E-state index in [1.807, 2.05) is 19.1 Å². The van der Waals surface area contributed by atoms with Crippen LogP contribution < -0.4 is 10.1 Å². The lowest BCUT2D eigenvalue weighted by atomic mass is 10.1. The smallest absolute Gasteiger partial charge is 0.265 e. The molecule has 8 heteroatoms. The first-order valence-electron chi connectivity index (χ1n) is 8.40. The first-order chi connectivity index (χ1) is 13.3. The van der Waals surface area contributed by atoms with E-state index in [1.54, 1.807) is 24.3 Å². The van der Waals surface area contributed by atoms with E-state index in [9.17, 15) is 13.2 Å². The molecule has 0 unspecified atom stereocenters. The number of anilines is 1. The van der Waals surface area contributed by atoms with Gasteiger partial charge in [0.05, 0.1) is 28.3 Å². The average molecular weight is 434 g/mol. The molecule has 3 aromatic rings. The minimum atomic E-state index is -3.49. The van der Waals surface area contributed by atoms with E-state index in [-0.39, 0.29) is 16.6 Å². The fourth-order valence-corrected chi connectivity index (χ4v) is 6.31. The van der Waals surface area contributed by atoms with Gasteiger partial charge in [-0.3, -0.25) is 4.79 Å². The van der Waals surface area contributed by atoms with Crippen LogP contribution in [0.2, 0.25) is 5.02 Å². The lowest BCUT2D eigenvalue weighted by molar-refractivity contribution is 0.103. The Bertz CT molecular complexity index is 1210. The molecule has 0 saturated heterocycles. The molecule has 0 aliphatic carbocycles. The van der Waals surface area contributed by atoms with Crippen LogP contribution in [0.5, 0.6) is 5.75 Å². The zero-order valence-electron chi connectivity index (χ0n) is 15.1. The summed E-state index contributed by atoms with van der Waals surface area (Å²) in [6, 6.07) is 12.0. The van der Waals surface area contributed by atoms with Crippen molar-refractivity contribution in [1.82, 2.24) is 0 Å². The van der Waals surface area contributed by atoms with Gasteiger partial charge < -0.3 is 10.1 Å². The Morgan fingerprint density at radius 1 is 1.18 bits per heavy atom. The molecular formula is C20H16ClNO4S2. The zero-order valence-corrected chi connectivity index (χ0v) is 17.5. The zero-order chi connectivity index (χ0) is 20.1. The van der Waals surface area contributed by atoms with E-state index >= 15 is 0 Å². The second kappa shape index (κ2) is 6.92. The number of halogens is 1. The van der Waals surface area contributed by atoms with Gasteiger partial charge in [0.1, 0.15) is 5.75 Å². The molecule has 0 fully saturated rings. The summed E-state index contributed by atoms with van der Waals surface area (Å²) in [5.74, 6) is 0.104. The number of hydrogen-bond donors (Lipinski definition) is 1. The number of methoxy groups -OCH3 is 1. The van der Waals surface area contributed by atoms with Crippen molar-refractivity contribution < 1.29 is 17.9 Å². The number of sulfone groups is 1. The van der Waals surface area contributed by atoms with E-state index in [4.69, 9.17) is 16.3 Å². The largest absolute Gasteiger partial charge is 0.495 e. The fourth-order valence-electron chi connectivity index (χ4n) is 3.20. The molecule has 5 nitrogen and oxygen atoms in total. The van der Waals surface area contributed by atoms with Crippen LogP contribution >= 0.6 is 22.9 Å². The number of nitrogens with one attached hydrogen (secondary N) is 1. The molecular weight excluding hydrogens is 418 g/mol. The van der Waals surface area contributed by atoms with Crippen LogP contribution in [0, 0.1) is 6.92 Å². The predicted molar refractivity (Wildman–Crippen MR) is 111 cm³/mol. The van der Waals surface area contributed by atoms with Crippen molar-refractivity contribution in [2.45, 2.75) is 17.6 Å². The lowest BCUT2D eigenvalue weighted by Gasteiger charge is -2.16. The molecule has 1 aliphatic rings. The number of amides is 1. The lowest BCUT2D eigenvalue weighted by Crippen LogP contribution is -2.12. The maximum absolute atomic E-state index is 12.8. The van der Waals surface area contributed by atoms with Gasteiger partial charge in [-0.25, -0.2) is 8.42 Å². The van der Waals surface area contributed by atoms with Crippen molar-refractivity contribution in [1.29, 1.82) is 0 Å². The summed E-state index contributed by atoms with van der Waals surface area (Å²) < 4.78 is 30.5. The van der Waals surface area contributed by atoms with Gasteiger partial charge in [-0.15, -0.1) is 11.3 Å². The monoisotopic (exact) mass is 433 g/mol. The topological polar surface area (TPSA) is 72.5 Å². The number of fused-ring (bicyclic) bond motifs is 3. The molecule has 4 rings (SSSR count). The van der Waals surface area contributed by atoms with Crippen molar-refractivity contribution in [3.05, 3.63) is 63.5 Å². The van der Waals surface area contributed by atoms with E-state index in [2.05, 4.69) is 5.32 Å². The van der Waals surface area contributed by atoms with Crippen molar-refractivity contribution in [3.8, 4) is 16.2 Å². The highest BCUT2D eigenvalue weighted by Gasteiger charge is 2.31. The predicted octanol–water partition coefficient (Wildman–Crippen LogP) is 4.93. The highest BCUT2D eigenvalue weighted by atomic mass is 35.5. The van der Waals surface area contributed by atoms with Crippen LogP contribution in [0.3, 0.4) is 0 Å².